The first-order valence-corrected chi connectivity index (χ1v) is 10.0. The van der Waals surface area contributed by atoms with Gasteiger partial charge in [0.2, 0.25) is 0 Å². The Morgan fingerprint density at radius 3 is 2.77 bits per heavy atom. The average Bonchev–Trinajstić information content (AvgIpc) is 2.69. The van der Waals surface area contributed by atoms with Crippen molar-refractivity contribution in [3.05, 3.63) is 59.4 Å². The van der Waals surface area contributed by atoms with Crippen LogP contribution in [-0.2, 0) is 0 Å². The Labute approximate surface area is 159 Å². The summed E-state index contributed by atoms with van der Waals surface area (Å²) in [6, 6.07) is 11.9. The molecule has 1 N–H and O–H groups in total. The Kier molecular flexibility index (Phi) is 6.96. The van der Waals surface area contributed by atoms with Gasteiger partial charge in [-0.15, -0.1) is 0 Å². The van der Waals surface area contributed by atoms with E-state index in [1.54, 1.807) is 0 Å². The van der Waals surface area contributed by atoms with E-state index < -0.39 is 0 Å². The van der Waals surface area contributed by atoms with Gasteiger partial charge in [0.1, 0.15) is 24.1 Å². The molecule has 1 aromatic heterocycles. The van der Waals surface area contributed by atoms with E-state index in [1.165, 1.54) is 0 Å². The van der Waals surface area contributed by atoms with E-state index >= 15 is 0 Å². The Balaban J connectivity index is 1.92. The van der Waals surface area contributed by atoms with E-state index in [4.69, 9.17) is 9.84 Å². The first kappa shape index (κ1) is 18.8. The predicted octanol–water partition coefficient (Wildman–Crippen LogP) is 2.90. The maximum atomic E-state index is 9.11. The summed E-state index contributed by atoms with van der Waals surface area (Å²) in [7, 11) is 0. The lowest BCUT2D eigenvalue weighted by Gasteiger charge is -2.32. The Morgan fingerprint density at radius 1 is 1.23 bits per heavy atom. The van der Waals surface area contributed by atoms with Gasteiger partial charge in [-0.2, -0.15) is 11.8 Å². The molecule has 2 aromatic rings. The van der Waals surface area contributed by atoms with Crippen molar-refractivity contribution >= 4 is 11.8 Å². The first-order valence-electron chi connectivity index (χ1n) is 8.86. The van der Waals surface area contributed by atoms with Gasteiger partial charge in [0.05, 0.1) is 6.61 Å². The van der Waals surface area contributed by atoms with Gasteiger partial charge in [-0.05, 0) is 30.5 Å². The van der Waals surface area contributed by atoms with Crippen LogP contribution in [-0.4, -0.2) is 52.8 Å². The van der Waals surface area contributed by atoms with Gasteiger partial charge in [0.25, 0.3) is 0 Å². The van der Waals surface area contributed by atoms with Crippen LogP contribution in [0.5, 0.6) is 5.75 Å². The van der Waals surface area contributed by atoms with Crippen molar-refractivity contribution in [2.45, 2.75) is 13.0 Å². The summed E-state index contributed by atoms with van der Waals surface area (Å²) in [5.41, 5.74) is 2.95. The van der Waals surface area contributed by atoms with Crippen molar-refractivity contribution in [1.82, 2.24) is 9.88 Å². The minimum Gasteiger partial charge on any atom is -0.491 e. The van der Waals surface area contributed by atoms with Gasteiger partial charge >= 0.3 is 0 Å². The normalized spacial score (nSPS) is 15.8. The summed E-state index contributed by atoms with van der Waals surface area (Å²) in [6.07, 6.45) is 1.84. The molecule has 136 valence electrons. The molecular formula is C21H24N2O2S. The van der Waals surface area contributed by atoms with Crippen LogP contribution < -0.4 is 4.74 Å². The highest BCUT2D eigenvalue weighted by atomic mass is 32.2. The lowest BCUT2D eigenvalue weighted by Crippen LogP contribution is -2.35. The van der Waals surface area contributed by atoms with E-state index in [0.29, 0.717) is 0 Å². The fourth-order valence-corrected chi connectivity index (χ4v) is 3.81. The van der Waals surface area contributed by atoms with E-state index in [-0.39, 0.29) is 19.3 Å². The summed E-state index contributed by atoms with van der Waals surface area (Å²) >= 11 is 1.98. The second-order valence-corrected chi connectivity index (χ2v) is 7.38. The highest BCUT2D eigenvalue weighted by Crippen LogP contribution is 2.30. The number of aliphatic hydroxyl groups excluding tert-OH is 1. The number of thioether (sulfide) groups is 1. The molecule has 1 aromatic carbocycles. The molecule has 0 bridgehead atoms. The number of para-hydroxylation sites is 1. The number of pyridine rings is 1. The second kappa shape index (κ2) is 9.63. The predicted molar refractivity (Wildman–Crippen MR) is 107 cm³/mol. The van der Waals surface area contributed by atoms with Gasteiger partial charge in [0.15, 0.2) is 0 Å². The summed E-state index contributed by atoms with van der Waals surface area (Å²) in [6.45, 7) is 4.30. The summed E-state index contributed by atoms with van der Waals surface area (Å²) in [5.74, 6) is 9.67. The van der Waals surface area contributed by atoms with Crippen LogP contribution in [0.15, 0.2) is 42.6 Å². The van der Waals surface area contributed by atoms with E-state index in [1.807, 2.05) is 55.2 Å². The zero-order valence-corrected chi connectivity index (χ0v) is 15.8. The highest BCUT2D eigenvalue weighted by Gasteiger charge is 2.23. The van der Waals surface area contributed by atoms with Crippen LogP contribution in [0.2, 0.25) is 0 Å². The van der Waals surface area contributed by atoms with Crippen LogP contribution in [0.1, 0.15) is 22.9 Å². The minimum atomic E-state index is -0.0473. The third kappa shape index (κ3) is 5.01. The van der Waals surface area contributed by atoms with Crippen LogP contribution in [0.4, 0.5) is 0 Å². The number of aryl methyl sites for hydroxylation is 1. The Hall–Kier alpha value is -2.00. The number of hydrogen-bond acceptors (Lipinski definition) is 5. The van der Waals surface area contributed by atoms with Gasteiger partial charge in [-0.3, -0.25) is 4.90 Å². The zero-order valence-electron chi connectivity index (χ0n) is 15.0. The molecule has 1 atom stereocenters. The van der Waals surface area contributed by atoms with Crippen molar-refractivity contribution in [3.63, 3.8) is 0 Å². The van der Waals surface area contributed by atoms with Gasteiger partial charge in [-0.1, -0.05) is 30.2 Å². The number of rotatable bonds is 5. The second-order valence-electron chi connectivity index (χ2n) is 6.15. The van der Waals surface area contributed by atoms with Gasteiger partial charge < -0.3 is 9.84 Å². The summed E-state index contributed by atoms with van der Waals surface area (Å²) < 4.78 is 5.76. The number of nitrogens with zero attached hydrogens (tertiary/aromatic N) is 2. The monoisotopic (exact) mass is 368 g/mol. The molecule has 0 aliphatic carbocycles. The van der Waals surface area contributed by atoms with Crippen molar-refractivity contribution in [1.29, 1.82) is 0 Å². The third-order valence-corrected chi connectivity index (χ3v) is 5.16. The van der Waals surface area contributed by atoms with Crippen molar-refractivity contribution in [2.75, 3.05) is 37.8 Å². The van der Waals surface area contributed by atoms with Gasteiger partial charge in [0, 0.05) is 36.4 Å². The highest BCUT2D eigenvalue weighted by molar-refractivity contribution is 7.99. The number of aliphatic hydroxyl groups is 1. The number of ether oxygens (including phenoxy) is 1. The molecule has 0 amide bonds. The molecule has 1 aliphatic rings. The fourth-order valence-electron chi connectivity index (χ4n) is 2.88. The van der Waals surface area contributed by atoms with Crippen molar-refractivity contribution in [2.24, 2.45) is 0 Å². The first-order chi connectivity index (χ1) is 12.8. The zero-order chi connectivity index (χ0) is 18.2. The third-order valence-electron chi connectivity index (χ3n) is 4.22. The minimum absolute atomic E-state index is 0.00167. The summed E-state index contributed by atoms with van der Waals surface area (Å²) in [4.78, 5) is 6.80. The lowest BCUT2D eigenvalue weighted by molar-refractivity contribution is 0.195. The van der Waals surface area contributed by atoms with E-state index in [0.717, 1.165) is 47.2 Å². The molecule has 0 saturated carbocycles. The largest absolute Gasteiger partial charge is 0.491 e. The number of aromatic nitrogens is 1. The molecule has 3 rings (SSSR count). The molecule has 0 spiro atoms. The summed E-state index contributed by atoms with van der Waals surface area (Å²) in [5, 5.41) is 9.11. The van der Waals surface area contributed by atoms with Crippen molar-refractivity contribution < 1.29 is 9.84 Å². The standard InChI is InChI=1S/C21H24N2O2S/c1-17-6-7-18(22-16-17)8-9-20(23-10-14-26-15-11-23)19-4-2-3-5-21(19)25-13-12-24/h2-7,16,20,24H,10-15H2,1H3/t20-/m0/s1. The van der Waals surface area contributed by atoms with E-state index in [9.17, 15) is 0 Å². The molecule has 5 heteroatoms. The number of hydrogen-bond donors (Lipinski definition) is 1. The molecule has 1 saturated heterocycles. The van der Waals surface area contributed by atoms with Crippen LogP contribution in [0.3, 0.4) is 0 Å². The smallest absolute Gasteiger partial charge is 0.125 e. The lowest BCUT2D eigenvalue weighted by atomic mass is 10.0. The molecule has 0 unspecified atom stereocenters. The molecule has 26 heavy (non-hydrogen) atoms. The number of benzene rings is 1. The molecule has 4 nitrogen and oxygen atoms in total. The molecule has 1 aliphatic heterocycles. The fraction of sp³-hybridized carbons (Fsp3) is 0.381. The Morgan fingerprint density at radius 2 is 2.04 bits per heavy atom. The van der Waals surface area contributed by atoms with Crippen LogP contribution >= 0.6 is 11.8 Å². The van der Waals surface area contributed by atoms with Crippen LogP contribution in [0.25, 0.3) is 0 Å². The molecular weight excluding hydrogens is 344 g/mol. The maximum Gasteiger partial charge on any atom is 0.125 e. The quantitative estimate of drug-likeness (QED) is 0.822. The average molecular weight is 369 g/mol. The van der Waals surface area contributed by atoms with E-state index in [2.05, 4.69) is 27.8 Å². The molecule has 2 heterocycles. The molecule has 0 radical (unpaired) electrons. The SMILES string of the molecule is Cc1ccc(C#C[C@@H](c2ccccc2OCCO)N2CCSCC2)nc1. The molecule has 1 fully saturated rings. The topological polar surface area (TPSA) is 45.6 Å². The van der Waals surface area contributed by atoms with Crippen LogP contribution in [0, 0.1) is 18.8 Å². The Bertz CT molecular complexity index is 762. The van der Waals surface area contributed by atoms with Crippen molar-refractivity contribution in [3.8, 4) is 17.6 Å². The van der Waals surface area contributed by atoms with Gasteiger partial charge in [-0.25, -0.2) is 4.98 Å². The maximum absolute atomic E-state index is 9.11.